The van der Waals surface area contributed by atoms with E-state index < -0.39 is 0 Å². The van der Waals surface area contributed by atoms with Crippen molar-refractivity contribution in [2.45, 2.75) is 34.1 Å². The molecule has 0 heterocycles. The average Bonchev–Trinajstić information content (AvgIpc) is 1.69. The Kier molecular flexibility index (Phi) is 7.44. The van der Waals surface area contributed by atoms with E-state index in [-0.39, 0.29) is 5.48 Å². The van der Waals surface area contributed by atoms with Crippen LogP contribution >= 0.6 is 0 Å². The van der Waals surface area contributed by atoms with Crippen LogP contribution in [0.15, 0.2) is 11.6 Å². The molecule has 1 nitrogen and oxygen atoms in total. The fourth-order valence-corrected chi connectivity index (χ4v) is 0.946. The molecular formula is C8H18O. The summed E-state index contributed by atoms with van der Waals surface area (Å²) in [5.41, 5.74) is 1.56. The van der Waals surface area contributed by atoms with Crippen molar-refractivity contribution in [3.05, 3.63) is 11.6 Å². The Morgan fingerprint density at radius 2 is 1.89 bits per heavy atom. The van der Waals surface area contributed by atoms with E-state index in [1.165, 1.54) is 6.42 Å². The lowest BCUT2D eigenvalue weighted by atomic mass is 10.0. The highest BCUT2D eigenvalue weighted by molar-refractivity contribution is 5.01. The minimum absolute atomic E-state index is 0. The van der Waals surface area contributed by atoms with E-state index in [2.05, 4.69) is 33.8 Å². The van der Waals surface area contributed by atoms with Crippen molar-refractivity contribution in [1.82, 2.24) is 0 Å². The summed E-state index contributed by atoms with van der Waals surface area (Å²) in [6.45, 7) is 8.78. The molecule has 0 saturated carbocycles. The highest BCUT2D eigenvalue weighted by Crippen LogP contribution is 2.11. The summed E-state index contributed by atoms with van der Waals surface area (Å²) in [5, 5.41) is 0. The molecule has 0 aromatic heterocycles. The van der Waals surface area contributed by atoms with Crippen molar-refractivity contribution in [2.24, 2.45) is 5.92 Å². The van der Waals surface area contributed by atoms with Gasteiger partial charge in [0.15, 0.2) is 0 Å². The first-order chi connectivity index (χ1) is 3.72. The summed E-state index contributed by atoms with van der Waals surface area (Å²) in [5.74, 6) is 0.741. The molecule has 0 aromatic carbocycles. The van der Waals surface area contributed by atoms with Crippen LogP contribution in [-0.2, 0) is 0 Å². The minimum atomic E-state index is 0. The molecule has 2 N–H and O–H groups in total. The van der Waals surface area contributed by atoms with E-state index in [0.717, 1.165) is 5.92 Å². The molecule has 1 heteroatoms. The molecule has 0 saturated heterocycles. The largest absolute Gasteiger partial charge is 0.412 e. The molecule has 0 amide bonds. The van der Waals surface area contributed by atoms with Gasteiger partial charge >= 0.3 is 0 Å². The molecule has 0 radical (unpaired) electrons. The van der Waals surface area contributed by atoms with Gasteiger partial charge in [-0.1, -0.05) is 32.4 Å². The van der Waals surface area contributed by atoms with E-state index in [4.69, 9.17) is 0 Å². The van der Waals surface area contributed by atoms with Gasteiger partial charge < -0.3 is 5.48 Å². The summed E-state index contributed by atoms with van der Waals surface area (Å²) in [6, 6.07) is 0. The Balaban J connectivity index is 0. The fraction of sp³-hybridized carbons (Fsp3) is 0.750. The molecule has 0 atom stereocenters. The normalized spacial score (nSPS) is 11.4. The molecule has 0 aliphatic rings. The maximum absolute atomic E-state index is 2.23. The highest BCUT2D eigenvalue weighted by atomic mass is 16.0. The van der Waals surface area contributed by atoms with Crippen LogP contribution in [-0.4, -0.2) is 5.48 Å². The third-order valence-corrected chi connectivity index (χ3v) is 1.52. The van der Waals surface area contributed by atoms with E-state index in [0.29, 0.717) is 0 Å². The second-order valence-electron chi connectivity index (χ2n) is 2.37. The molecule has 9 heavy (non-hydrogen) atoms. The molecule has 0 spiro atoms. The maximum Gasteiger partial charge on any atom is -0.0260 e. The predicted molar refractivity (Wildman–Crippen MR) is 42.5 cm³/mol. The third kappa shape index (κ3) is 4.22. The van der Waals surface area contributed by atoms with Crippen LogP contribution in [0.1, 0.15) is 34.1 Å². The molecule has 0 aliphatic carbocycles. The SMILES string of the molecule is CC=C(CC)C(C)C.O. The van der Waals surface area contributed by atoms with Gasteiger partial charge in [0.25, 0.3) is 0 Å². The molecule has 0 aromatic rings. The number of hydrogen-bond donors (Lipinski definition) is 0. The smallest absolute Gasteiger partial charge is 0.0260 e. The van der Waals surface area contributed by atoms with E-state index in [1.54, 1.807) is 5.57 Å². The van der Waals surface area contributed by atoms with Crippen LogP contribution in [0.5, 0.6) is 0 Å². The van der Waals surface area contributed by atoms with Crippen molar-refractivity contribution < 1.29 is 5.48 Å². The Bertz CT molecular complexity index is 82.6. The topological polar surface area (TPSA) is 31.5 Å². The molecule has 0 fully saturated rings. The zero-order valence-corrected chi connectivity index (χ0v) is 6.86. The first-order valence-corrected chi connectivity index (χ1v) is 3.37. The predicted octanol–water partition coefficient (Wildman–Crippen LogP) is 2.17. The number of hydrogen-bond acceptors (Lipinski definition) is 0. The van der Waals surface area contributed by atoms with Gasteiger partial charge in [0.1, 0.15) is 0 Å². The lowest BCUT2D eigenvalue weighted by Gasteiger charge is -2.05. The van der Waals surface area contributed by atoms with Crippen LogP contribution < -0.4 is 0 Å². The van der Waals surface area contributed by atoms with Crippen molar-refractivity contribution in [3.8, 4) is 0 Å². The standard InChI is InChI=1S/C8H16.H2O/c1-5-8(6-2)7(3)4;/h5,7H,6H2,1-4H3;1H2. The Hall–Kier alpha value is -0.300. The van der Waals surface area contributed by atoms with Crippen LogP contribution in [0.3, 0.4) is 0 Å². The highest BCUT2D eigenvalue weighted by Gasteiger charge is 1.95. The van der Waals surface area contributed by atoms with Gasteiger partial charge in [-0.2, -0.15) is 0 Å². The van der Waals surface area contributed by atoms with Crippen LogP contribution in [0.25, 0.3) is 0 Å². The van der Waals surface area contributed by atoms with E-state index >= 15 is 0 Å². The minimum Gasteiger partial charge on any atom is -0.412 e. The van der Waals surface area contributed by atoms with Crippen molar-refractivity contribution in [3.63, 3.8) is 0 Å². The number of rotatable bonds is 2. The van der Waals surface area contributed by atoms with Gasteiger partial charge in [0.2, 0.25) is 0 Å². The van der Waals surface area contributed by atoms with Gasteiger partial charge in [0.05, 0.1) is 0 Å². The van der Waals surface area contributed by atoms with Gasteiger partial charge in [-0.25, -0.2) is 0 Å². The van der Waals surface area contributed by atoms with Crippen LogP contribution in [0.4, 0.5) is 0 Å². The van der Waals surface area contributed by atoms with Crippen molar-refractivity contribution in [1.29, 1.82) is 0 Å². The molecule has 0 rings (SSSR count). The summed E-state index contributed by atoms with van der Waals surface area (Å²) < 4.78 is 0. The monoisotopic (exact) mass is 130 g/mol. The van der Waals surface area contributed by atoms with Crippen molar-refractivity contribution >= 4 is 0 Å². The molecule has 0 bridgehead atoms. The summed E-state index contributed by atoms with van der Waals surface area (Å²) in [7, 11) is 0. The maximum atomic E-state index is 2.23. The lowest BCUT2D eigenvalue weighted by molar-refractivity contribution is 0.730. The summed E-state index contributed by atoms with van der Waals surface area (Å²) >= 11 is 0. The van der Waals surface area contributed by atoms with Gasteiger partial charge in [-0.3, -0.25) is 0 Å². The zero-order chi connectivity index (χ0) is 6.57. The molecule has 0 aliphatic heterocycles. The average molecular weight is 130 g/mol. The molecule has 56 valence electrons. The molecule has 0 unspecified atom stereocenters. The van der Waals surface area contributed by atoms with E-state index in [9.17, 15) is 0 Å². The van der Waals surface area contributed by atoms with E-state index in [1.807, 2.05) is 0 Å². The van der Waals surface area contributed by atoms with Crippen LogP contribution in [0, 0.1) is 5.92 Å². The Morgan fingerprint density at radius 1 is 1.44 bits per heavy atom. The third-order valence-electron chi connectivity index (χ3n) is 1.52. The van der Waals surface area contributed by atoms with Crippen molar-refractivity contribution in [2.75, 3.05) is 0 Å². The van der Waals surface area contributed by atoms with Gasteiger partial charge in [-0.15, -0.1) is 0 Å². The first-order valence-electron chi connectivity index (χ1n) is 3.37. The lowest BCUT2D eigenvalue weighted by Crippen LogP contribution is -1.90. The van der Waals surface area contributed by atoms with Gasteiger partial charge in [-0.05, 0) is 19.3 Å². The second kappa shape index (κ2) is 5.83. The first kappa shape index (κ1) is 11.5. The molecular weight excluding hydrogens is 112 g/mol. The zero-order valence-electron chi connectivity index (χ0n) is 6.86. The summed E-state index contributed by atoms with van der Waals surface area (Å²) in [4.78, 5) is 0. The van der Waals surface area contributed by atoms with Crippen LogP contribution in [0.2, 0.25) is 0 Å². The second-order valence-corrected chi connectivity index (χ2v) is 2.37. The Labute approximate surface area is 58.1 Å². The summed E-state index contributed by atoms with van der Waals surface area (Å²) in [6.07, 6.45) is 3.42. The van der Waals surface area contributed by atoms with Gasteiger partial charge in [0, 0.05) is 0 Å². The quantitative estimate of drug-likeness (QED) is 0.513. The fourth-order valence-electron chi connectivity index (χ4n) is 0.946. The Morgan fingerprint density at radius 3 is 1.89 bits per heavy atom. The number of allylic oxidation sites excluding steroid dienone is 2.